The lowest BCUT2D eigenvalue weighted by Crippen LogP contribution is -2.54. The Hall–Kier alpha value is -1.63. The highest BCUT2D eigenvalue weighted by Crippen LogP contribution is 2.29. The number of carbonyl (C=O) groups is 3. The fourth-order valence-electron chi connectivity index (χ4n) is 3.26. The molecule has 0 bridgehead atoms. The third kappa shape index (κ3) is 2.50. The fraction of sp³-hybridized carbons (Fsp3) is 0.786. The Morgan fingerprint density at radius 1 is 1.33 bits per heavy atom. The third-order valence-corrected chi connectivity index (χ3v) is 4.65. The van der Waals surface area contributed by atoms with Gasteiger partial charge in [-0.15, -0.1) is 0 Å². The molecule has 116 valence electrons. The van der Waals surface area contributed by atoms with Crippen molar-refractivity contribution in [3.8, 4) is 0 Å². The van der Waals surface area contributed by atoms with E-state index in [-0.39, 0.29) is 18.4 Å². The van der Waals surface area contributed by atoms with Crippen LogP contribution < -0.4 is 10.6 Å². The van der Waals surface area contributed by atoms with E-state index < -0.39 is 11.6 Å². The summed E-state index contributed by atoms with van der Waals surface area (Å²) in [7, 11) is 0. The van der Waals surface area contributed by atoms with E-state index in [0.717, 1.165) is 17.7 Å². The van der Waals surface area contributed by atoms with Crippen molar-refractivity contribution < 1.29 is 14.4 Å². The number of likely N-dealkylation sites (N-methyl/N-ethyl adjacent to an activating group) is 1. The lowest BCUT2D eigenvalue weighted by molar-refractivity contribution is -0.139. The fourth-order valence-corrected chi connectivity index (χ4v) is 3.26. The number of urea groups is 1. The highest BCUT2D eigenvalue weighted by molar-refractivity contribution is 6.09. The van der Waals surface area contributed by atoms with Crippen LogP contribution in [0.15, 0.2) is 0 Å². The van der Waals surface area contributed by atoms with Gasteiger partial charge < -0.3 is 15.5 Å². The maximum absolute atomic E-state index is 12.6. The molecule has 2 saturated heterocycles. The lowest BCUT2D eigenvalue weighted by Gasteiger charge is -2.31. The van der Waals surface area contributed by atoms with Crippen molar-refractivity contribution in [2.45, 2.75) is 44.2 Å². The molecule has 21 heavy (non-hydrogen) atoms. The predicted molar refractivity (Wildman–Crippen MR) is 75.5 cm³/mol. The number of amides is 4. The van der Waals surface area contributed by atoms with E-state index in [9.17, 15) is 14.4 Å². The molecule has 4 amide bonds. The van der Waals surface area contributed by atoms with E-state index in [2.05, 4.69) is 10.6 Å². The molecule has 0 radical (unpaired) electrons. The zero-order valence-electron chi connectivity index (χ0n) is 12.4. The van der Waals surface area contributed by atoms with E-state index in [1.807, 2.05) is 6.92 Å². The molecule has 1 aliphatic carbocycles. The maximum atomic E-state index is 12.6. The molecular formula is C14H22N4O3. The van der Waals surface area contributed by atoms with Crippen molar-refractivity contribution in [1.29, 1.82) is 0 Å². The molecule has 1 spiro atoms. The van der Waals surface area contributed by atoms with E-state index in [4.69, 9.17) is 0 Å². The van der Waals surface area contributed by atoms with Gasteiger partial charge in [0.1, 0.15) is 12.1 Å². The normalized spacial score (nSPS) is 24.3. The maximum Gasteiger partial charge on any atom is 0.325 e. The number of imide groups is 1. The number of carbonyl (C=O) groups excluding carboxylic acids is 3. The Bertz CT molecular complexity index is 469. The molecule has 3 fully saturated rings. The molecule has 2 aliphatic heterocycles. The van der Waals surface area contributed by atoms with Crippen LogP contribution >= 0.6 is 0 Å². The van der Waals surface area contributed by atoms with Crippen LogP contribution in [-0.4, -0.2) is 65.4 Å². The number of rotatable bonds is 4. The first kappa shape index (κ1) is 14.3. The molecule has 7 heteroatoms. The summed E-state index contributed by atoms with van der Waals surface area (Å²) < 4.78 is 0. The summed E-state index contributed by atoms with van der Waals surface area (Å²) in [6.07, 6.45) is 3.22. The highest BCUT2D eigenvalue weighted by atomic mass is 16.2. The van der Waals surface area contributed by atoms with E-state index in [0.29, 0.717) is 38.5 Å². The van der Waals surface area contributed by atoms with Crippen LogP contribution in [0, 0.1) is 0 Å². The molecule has 0 atom stereocenters. The summed E-state index contributed by atoms with van der Waals surface area (Å²) in [5.74, 6) is -0.372. The van der Waals surface area contributed by atoms with E-state index in [1.165, 1.54) is 0 Å². The number of hydrogen-bond donors (Lipinski definition) is 2. The summed E-state index contributed by atoms with van der Waals surface area (Å²) in [4.78, 5) is 39.8. The SMILES string of the molecule is CCN(C(=O)CN1C(=O)NC2(CCNCC2)C1=O)C1CC1. The Kier molecular flexibility index (Phi) is 3.61. The smallest absolute Gasteiger partial charge is 0.325 e. The minimum atomic E-state index is -0.792. The zero-order valence-corrected chi connectivity index (χ0v) is 12.4. The van der Waals surface area contributed by atoms with E-state index in [1.54, 1.807) is 4.90 Å². The van der Waals surface area contributed by atoms with Gasteiger partial charge >= 0.3 is 6.03 Å². The quantitative estimate of drug-likeness (QED) is 0.696. The molecular weight excluding hydrogens is 272 g/mol. The van der Waals surface area contributed by atoms with Crippen LogP contribution in [0.5, 0.6) is 0 Å². The van der Waals surface area contributed by atoms with Crippen molar-refractivity contribution in [2.24, 2.45) is 0 Å². The summed E-state index contributed by atoms with van der Waals surface area (Å²) in [5, 5.41) is 5.98. The van der Waals surface area contributed by atoms with Crippen LogP contribution in [0.1, 0.15) is 32.6 Å². The van der Waals surface area contributed by atoms with Gasteiger partial charge in [-0.25, -0.2) is 4.79 Å². The summed E-state index contributed by atoms with van der Waals surface area (Å²) in [5.41, 5.74) is -0.792. The first-order chi connectivity index (χ1) is 10.1. The lowest BCUT2D eigenvalue weighted by atomic mass is 9.88. The molecule has 3 rings (SSSR count). The molecule has 3 aliphatic rings. The van der Waals surface area contributed by atoms with Gasteiger partial charge in [0.05, 0.1) is 0 Å². The molecule has 2 N–H and O–H groups in total. The van der Waals surface area contributed by atoms with Crippen LogP contribution in [0.25, 0.3) is 0 Å². The largest absolute Gasteiger partial charge is 0.338 e. The second-order valence-corrected chi connectivity index (χ2v) is 6.06. The molecule has 0 aromatic rings. The van der Waals surface area contributed by atoms with Gasteiger partial charge in [-0.3, -0.25) is 14.5 Å². The molecule has 0 aromatic heterocycles. The van der Waals surface area contributed by atoms with Gasteiger partial charge in [0.25, 0.3) is 5.91 Å². The molecule has 0 aromatic carbocycles. The topological polar surface area (TPSA) is 81.8 Å². The second kappa shape index (κ2) is 5.29. The van der Waals surface area contributed by atoms with Crippen molar-refractivity contribution >= 4 is 17.8 Å². The zero-order chi connectivity index (χ0) is 15.0. The predicted octanol–water partition coefficient (Wildman–Crippen LogP) is -0.329. The number of nitrogens with zero attached hydrogens (tertiary/aromatic N) is 2. The Morgan fingerprint density at radius 2 is 2.00 bits per heavy atom. The van der Waals surface area contributed by atoms with Gasteiger partial charge in [-0.1, -0.05) is 0 Å². The monoisotopic (exact) mass is 294 g/mol. The van der Waals surface area contributed by atoms with Crippen LogP contribution in [-0.2, 0) is 9.59 Å². The van der Waals surface area contributed by atoms with Gasteiger partial charge in [0, 0.05) is 12.6 Å². The molecule has 0 unspecified atom stereocenters. The van der Waals surface area contributed by atoms with Gasteiger partial charge in [-0.2, -0.15) is 0 Å². The van der Waals surface area contributed by atoms with Gasteiger partial charge in [0.2, 0.25) is 5.91 Å². The van der Waals surface area contributed by atoms with Crippen LogP contribution in [0.4, 0.5) is 4.79 Å². The Labute approximate surface area is 124 Å². The Balaban J connectivity index is 1.69. The summed E-state index contributed by atoms with van der Waals surface area (Å²) in [6, 6.07) is -0.127. The summed E-state index contributed by atoms with van der Waals surface area (Å²) in [6.45, 7) is 3.83. The van der Waals surface area contributed by atoms with Crippen molar-refractivity contribution in [3.05, 3.63) is 0 Å². The standard InChI is InChI=1S/C14H22N4O3/c1-2-17(10-3-4-10)11(19)9-18-12(20)14(16-13(18)21)5-7-15-8-6-14/h10,15H,2-9H2,1H3,(H,16,21). The molecule has 1 saturated carbocycles. The van der Waals surface area contributed by atoms with Crippen LogP contribution in [0.3, 0.4) is 0 Å². The Morgan fingerprint density at radius 3 is 2.57 bits per heavy atom. The third-order valence-electron chi connectivity index (χ3n) is 4.65. The number of nitrogens with one attached hydrogen (secondary N) is 2. The average molecular weight is 294 g/mol. The average Bonchev–Trinajstić information content (AvgIpc) is 3.27. The summed E-state index contributed by atoms with van der Waals surface area (Å²) >= 11 is 0. The molecule has 2 heterocycles. The van der Waals surface area contributed by atoms with Crippen molar-refractivity contribution in [3.63, 3.8) is 0 Å². The minimum absolute atomic E-state index is 0.130. The first-order valence-corrected chi connectivity index (χ1v) is 7.72. The molecule has 7 nitrogen and oxygen atoms in total. The van der Waals surface area contributed by atoms with Gasteiger partial charge in [0.15, 0.2) is 0 Å². The van der Waals surface area contributed by atoms with Crippen molar-refractivity contribution in [1.82, 2.24) is 20.4 Å². The van der Waals surface area contributed by atoms with Crippen molar-refractivity contribution in [2.75, 3.05) is 26.2 Å². The number of hydrogen-bond acceptors (Lipinski definition) is 4. The van der Waals surface area contributed by atoms with Gasteiger partial charge in [-0.05, 0) is 45.7 Å². The number of piperidine rings is 1. The minimum Gasteiger partial charge on any atom is -0.338 e. The van der Waals surface area contributed by atoms with E-state index >= 15 is 0 Å². The highest BCUT2D eigenvalue weighted by Gasteiger charge is 2.52. The van der Waals surface area contributed by atoms with Crippen LogP contribution in [0.2, 0.25) is 0 Å². The second-order valence-electron chi connectivity index (χ2n) is 6.06. The first-order valence-electron chi connectivity index (χ1n) is 7.72.